The second-order valence-corrected chi connectivity index (χ2v) is 9.70. The molecule has 0 saturated carbocycles. The number of nitrogens with one attached hydrogen (secondary N) is 1. The second kappa shape index (κ2) is 10.2. The number of nitrogens with zero attached hydrogens (tertiary/aromatic N) is 3. The molecule has 8 nitrogen and oxygen atoms in total. The molecule has 174 valence electrons. The van der Waals surface area contributed by atoms with Crippen molar-refractivity contribution in [1.29, 1.82) is 0 Å². The average Bonchev–Trinajstić information content (AvgIpc) is 2.84. The number of hydrogen-bond acceptors (Lipinski definition) is 8. The molecule has 0 bridgehead atoms. The molecule has 1 aliphatic rings. The minimum Gasteiger partial charge on any atom is -0.378 e. The van der Waals surface area contributed by atoms with Gasteiger partial charge >= 0.3 is 0 Å². The average molecular weight is 472 g/mol. The standard InChI is InChI=1S/C23H26FN5O3S/c24-20-3-1-17(2-4-20)16-33(30,31)22-12-18(11-21(13-22)29-7-9-32-10-8-29)19-14-27-23(28-15-19)26-6-5-25/h1-4,11-15H,5-10,16,25H2,(H,26,27,28). The molecule has 3 N–H and O–H groups in total. The lowest BCUT2D eigenvalue weighted by molar-refractivity contribution is 0.122. The molecule has 33 heavy (non-hydrogen) atoms. The van der Waals surface area contributed by atoms with E-state index in [4.69, 9.17) is 10.5 Å². The van der Waals surface area contributed by atoms with Crippen molar-refractivity contribution in [2.75, 3.05) is 49.6 Å². The quantitative estimate of drug-likeness (QED) is 0.516. The fourth-order valence-electron chi connectivity index (χ4n) is 3.57. The predicted octanol–water partition coefficient (Wildman–Crippen LogP) is 2.46. The van der Waals surface area contributed by atoms with E-state index in [1.165, 1.54) is 24.3 Å². The summed E-state index contributed by atoms with van der Waals surface area (Å²) in [5.74, 6) is -0.174. The number of rotatable bonds is 8. The summed E-state index contributed by atoms with van der Waals surface area (Å²) in [6.07, 6.45) is 3.31. The number of anilines is 2. The van der Waals surface area contributed by atoms with Gasteiger partial charge < -0.3 is 20.7 Å². The van der Waals surface area contributed by atoms with Crippen molar-refractivity contribution in [2.45, 2.75) is 10.6 Å². The second-order valence-electron chi connectivity index (χ2n) is 7.71. The van der Waals surface area contributed by atoms with Crippen molar-refractivity contribution in [3.05, 3.63) is 66.2 Å². The number of ether oxygens (including phenoxy) is 1. The van der Waals surface area contributed by atoms with Gasteiger partial charge in [-0.2, -0.15) is 0 Å². The number of halogens is 1. The maximum Gasteiger partial charge on any atom is 0.222 e. The molecule has 0 amide bonds. The van der Waals surface area contributed by atoms with E-state index < -0.39 is 15.7 Å². The maximum absolute atomic E-state index is 13.3. The molecule has 10 heteroatoms. The van der Waals surface area contributed by atoms with Crippen LogP contribution in [0.2, 0.25) is 0 Å². The van der Waals surface area contributed by atoms with E-state index in [0.717, 1.165) is 5.69 Å². The zero-order valence-electron chi connectivity index (χ0n) is 18.1. The van der Waals surface area contributed by atoms with E-state index in [0.29, 0.717) is 62.0 Å². The van der Waals surface area contributed by atoms with Crippen LogP contribution < -0.4 is 16.0 Å². The summed E-state index contributed by atoms with van der Waals surface area (Å²) < 4.78 is 45.3. The zero-order chi connectivity index (χ0) is 23.3. The van der Waals surface area contributed by atoms with Gasteiger partial charge in [-0.05, 0) is 41.5 Å². The Morgan fingerprint density at radius 3 is 2.39 bits per heavy atom. The van der Waals surface area contributed by atoms with Crippen LogP contribution in [0, 0.1) is 5.82 Å². The summed E-state index contributed by atoms with van der Waals surface area (Å²) in [7, 11) is -3.69. The molecular formula is C23H26FN5O3S. The first-order valence-electron chi connectivity index (χ1n) is 10.7. The minimum atomic E-state index is -3.69. The first-order valence-corrected chi connectivity index (χ1v) is 12.3. The molecule has 0 aliphatic carbocycles. The lowest BCUT2D eigenvalue weighted by atomic mass is 10.1. The highest BCUT2D eigenvalue weighted by Gasteiger charge is 2.21. The number of nitrogens with two attached hydrogens (primary N) is 1. The van der Waals surface area contributed by atoms with Crippen LogP contribution in [0.15, 0.2) is 59.8 Å². The monoisotopic (exact) mass is 471 g/mol. The highest BCUT2D eigenvalue weighted by molar-refractivity contribution is 7.90. The normalized spacial score (nSPS) is 14.3. The topological polar surface area (TPSA) is 110 Å². The number of benzene rings is 2. The Hall–Kier alpha value is -3.08. The fraction of sp³-hybridized carbons (Fsp3) is 0.304. The summed E-state index contributed by atoms with van der Waals surface area (Å²) in [6, 6.07) is 10.8. The van der Waals surface area contributed by atoms with Gasteiger partial charge in [-0.25, -0.2) is 22.8 Å². The number of aromatic nitrogens is 2. The first kappa shape index (κ1) is 23.1. The SMILES string of the molecule is NCCNc1ncc(-c2cc(N3CCOCC3)cc(S(=O)(=O)Cc3ccc(F)cc3)c2)cn1. The molecule has 3 aromatic rings. The number of morpholine rings is 1. The van der Waals surface area contributed by atoms with Crippen LogP contribution in [0.25, 0.3) is 11.1 Å². The van der Waals surface area contributed by atoms with E-state index in [2.05, 4.69) is 20.2 Å². The van der Waals surface area contributed by atoms with Crippen molar-refractivity contribution in [1.82, 2.24) is 9.97 Å². The predicted molar refractivity (Wildman–Crippen MR) is 125 cm³/mol. The Labute approximate surface area is 192 Å². The van der Waals surface area contributed by atoms with Crippen molar-refractivity contribution in [3.63, 3.8) is 0 Å². The van der Waals surface area contributed by atoms with Gasteiger partial charge in [0, 0.05) is 49.8 Å². The van der Waals surface area contributed by atoms with Gasteiger partial charge in [-0.15, -0.1) is 0 Å². The van der Waals surface area contributed by atoms with Crippen LogP contribution in [-0.4, -0.2) is 57.8 Å². The maximum atomic E-state index is 13.3. The van der Waals surface area contributed by atoms with Gasteiger partial charge in [0.25, 0.3) is 0 Å². The van der Waals surface area contributed by atoms with Crippen molar-refractivity contribution >= 4 is 21.5 Å². The third-order valence-corrected chi connectivity index (χ3v) is 6.98. The highest BCUT2D eigenvalue weighted by atomic mass is 32.2. The highest BCUT2D eigenvalue weighted by Crippen LogP contribution is 2.30. The van der Waals surface area contributed by atoms with Gasteiger partial charge in [0.1, 0.15) is 5.82 Å². The van der Waals surface area contributed by atoms with Gasteiger partial charge in [-0.1, -0.05) is 12.1 Å². The van der Waals surface area contributed by atoms with E-state index in [1.54, 1.807) is 24.5 Å². The Bertz CT molecular complexity index is 1180. The molecule has 1 aliphatic heterocycles. The molecular weight excluding hydrogens is 445 g/mol. The summed E-state index contributed by atoms with van der Waals surface area (Å²) in [5, 5.41) is 3.01. The van der Waals surface area contributed by atoms with E-state index >= 15 is 0 Å². The fourth-order valence-corrected chi connectivity index (χ4v) is 4.97. The van der Waals surface area contributed by atoms with Crippen LogP contribution in [0.5, 0.6) is 0 Å². The minimum absolute atomic E-state index is 0.191. The molecule has 2 heterocycles. The van der Waals surface area contributed by atoms with Crippen molar-refractivity contribution < 1.29 is 17.5 Å². The van der Waals surface area contributed by atoms with Gasteiger partial charge in [-0.3, -0.25) is 0 Å². The third kappa shape index (κ3) is 5.84. The third-order valence-electron chi connectivity index (χ3n) is 5.31. The van der Waals surface area contributed by atoms with Crippen LogP contribution in [0.3, 0.4) is 0 Å². The molecule has 2 aromatic carbocycles. The van der Waals surface area contributed by atoms with E-state index in [9.17, 15) is 12.8 Å². The van der Waals surface area contributed by atoms with Gasteiger partial charge in [0.15, 0.2) is 9.84 Å². The molecule has 0 radical (unpaired) electrons. The molecule has 1 saturated heterocycles. The van der Waals surface area contributed by atoms with Crippen LogP contribution >= 0.6 is 0 Å². The largest absolute Gasteiger partial charge is 0.378 e. The zero-order valence-corrected chi connectivity index (χ0v) is 18.9. The Morgan fingerprint density at radius 1 is 1.03 bits per heavy atom. The lowest BCUT2D eigenvalue weighted by Gasteiger charge is -2.29. The van der Waals surface area contributed by atoms with Crippen LogP contribution in [0.1, 0.15) is 5.56 Å². The molecule has 1 aromatic heterocycles. The smallest absolute Gasteiger partial charge is 0.222 e. The van der Waals surface area contributed by atoms with Crippen LogP contribution in [-0.2, 0) is 20.3 Å². The summed E-state index contributed by atoms with van der Waals surface area (Å²) in [6.45, 7) is 3.50. The molecule has 0 spiro atoms. The summed E-state index contributed by atoms with van der Waals surface area (Å²) >= 11 is 0. The Morgan fingerprint density at radius 2 is 1.73 bits per heavy atom. The molecule has 0 atom stereocenters. The number of sulfone groups is 1. The van der Waals surface area contributed by atoms with Gasteiger partial charge in [0.05, 0.1) is 23.9 Å². The van der Waals surface area contributed by atoms with E-state index in [1.807, 2.05) is 6.07 Å². The van der Waals surface area contributed by atoms with Crippen molar-refractivity contribution in [3.8, 4) is 11.1 Å². The molecule has 0 unspecified atom stereocenters. The van der Waals surface area contributed by atoms with E-state index in [-0.39, 0.29) is 10.6 Å². The number of hydrogen-bond donors (Lipinski definition) is 2. The van der Waals surface area contributed by atoms with Crippen LogP contribution in [0.4, 0.5) is 16.0 Å². The molecule has 1 fully saturated rings. The molecule has 4 rings (SSSR count). The van der Waals surface area contributed by atoms with Crippen molar-refractivity contribution in [2.24, 2.45) is 5.73 Å². The summed E-state index contributed by atoms with van der Waals surface area (Å²) in [4.78, 5) is 10.9. The first-order chi connectivity index (χ1) is 15.9. The van der Waals surface area contributed by atoms with Gasteiger partial charge in [0.2, 0.25) is 5.95 Å². The summed E-state index contributed by atoms with van der Waals surface area (Å²) in [5.41, 5.74) is 8.20. The Kier molecular flexibility index (Phi) is 7.17. The lowest BCUT2D eigenvalue weighted by Crippen LogP contribution is -2.36. The Balaban J connectivity index is 1.70.